The third-order valence-electron chi connectivity index (χ3n) is 4.36. The van der Waals surface area contributed by atoms with Gasteiger partial charge >= 0.3 is 5.97 Å². The molecule has 2 aromatic carbocycles. The van der Waals surface area contributed by atoms with Crippen LogP contribution in [0.2, 0.25) is 0 Å². The van der Waals surface area contributed by atoms with Crippen molar-refractivity contribution in [3.63, 3.8) is 0 Å². The highest BCUT2D eigenvalue weighted by Gasteiger charge is 2.25. The van der Waals surface area contributed by atoms with Crippen LogP contribution in [0.3, 0.4) is 0 Å². The van der Waals surface area contributed by atoms with Crippen LogP contribution >= 0.6 is 11.8 Å². The average Bonchev–Trinajstić information content (AvgIpc) is 2.94. The molecule has 1 aliphatic heterocycles. The van der Waals surface area contributed by atoms with Crippen molar-refractivity contribution in [3.05, 3.63) is 71.3 Å². The zero-order chi connectivity index (χ0) is 17.6. The van der Waals surface area contributed by atoms with Crippen LogP contribution in [0.5, 0.6) is 0 Å². The van der Waals surface area contributed by atoms with Crippen molar-refractivity contribution in [2.75, 3.05) is 26.0 Å². The van der Waals surface area contributed by atoms with E-state index < -0.39 is 5.97 Å². The van der Waals surface area contributed by atoms with Gasteiger partial charge in [0.15, 0.2) is 0 Å². The van der Waals surface area contributed by atoms with Crippen LogP contribution < -0.4 is 0 Å². The summed E-state index contributed by atoms with van der Waals surface area (Å²) in [6.45, 7) is 1.36. The second-order valence-corrected chi connectivity index (χ2v) is 7.20. The molecular weight excluding hydrogens is 334 g/mol. The molecule has 0 N–H and O–H groups in total. The summed E-state index contributed by atoms with van der Waals surface area (Å²) in [4.78, 5) is 26.7. The SMILES string of the molecule is COC(=O)c1ccccc1C(=O)N1CCS[C@@H](c2ccccc2)CC1. The van der Waals surface area contributed by atoms with Crippen molar-refractivity contribution in [1.29, 1.82) is 0 Å². The van der Waals surface area contributed by atoms with Gasteiger partial charge in [0.2, 0.25) is 0 Å². The first-order chi connectivity index (χ1) is 12.2. The molecule has 0 unspecified atom stereocenters. The number of methoxy groups -OCH3 is 1. The Balaban J connectivity index is 1.75. The lowest BCUT2D eigenvalue weighted by Gasteiger charge is -2.21. The summed E-state index contributed by atoms with van der Waals surface area (Å²) in [5, 5.41) is 0.398. The molecule has 5 heteroatoms. The molecule has 0 aliphatic carbocycles. The third kappa shape index (κ3) is 4.04. The number of nitrogens with zero attached hydrogens (tertiary/aromatic N) is 1. The number of ether oxygens (including phenoxy) is 1. The van der Waals surface area contributed by atoms with E-state index in [1.807, 2.05) is 22.7 Å². The van der Waals surface area contributed by atoms with E-state index in [1.165, 1.54) is 12.7 Å². The number of amides is 1. The molecule has 25 heavy (non-hydrogen) atoms. The van der Waals surface area contributed by atoms with Gasteiger partial charge in [0.05, 0.1) is 18.2 Å². The number of esters is 1. The quantitative estimate of drug-likeness (QED) is 0.786. The molecule has 0 spiro atoms. The van der Waals surface area contributed by atoms with Crippen molar-refractivity contribution in [2.45, 2.75) is 11.7 Å². The zero-order valence-corrected chi connectivity index (χ0v) is 15.0. The van der Waals surface area contributed by atoms with Crippen molar-refractivity contribution >= 4 is 23.6 Å². The molecule has 130 valence electrons. The molecule has 0 radical (unpaired) electrons. The maximum Gasteiger partial charge on any atom is 0.338 e. The second kappa shape index (κ2) is 8.21. The summed E-state index contributed by atoms with van der Waals surface area (Å²) in [5.41, 5.74) is 2.04. The fourth-order valence-electron chi connectivity index (χ4n) is 3.03. The predicted molar refractivity (Wildman–Crippen MR) is 99.9 cm³/mol. The van der Waals surface area contributed by atoms with E-state index >= 15 is 0 Å². The van der Waals surface area contributed by atoms with Gasteiger partial charge < -0.3 is 9.64 Å². The van der Waals surface area contributed by atoms with Gasteiger partial charge in [-0.2, -0.15) is 11.8 Å². The summed E-state index contributed by atoms with van der Waals surface area (Å²) >= 11 is 1.88. The van der Waals surface area contributed by atoms with E-state index in [9.17, 15) is 9.59 Å². The number of hydrogen-bond donors (Lipinski definition) is 0. The van der Waals surface area contributed by atoms with Crippen LogP contribution in [0.15, 0.2) is 54.6 Å². The third-order valence-corrected chi connectivity index (χ3v) is 5.69. The molecule has 2 aromatic rings. The fraction of sp³-hybridized carbons (Fsp3) is 0.300. The maximum atomic E-state index is 12.9. The first-order valence-electron chi connectivity index (χ1n) is 8.34. The topological polar surface area (TPSA) is 46.6 Å². The van der Waals surface area contributed by atoms with E-state index in [2.05, 4.69) is 24.3 Å². The van der Waals surface area contributed by atoms with E-state index in [4.69, 9.17) is 4.74 Å². The van der Waals surface area contributed by atoms with Crippen molar-refractivity contribution < 1.29 is 14.3 Å². The normalized spacial score (nSPS) is 17.6. The Bertz CT molecular complexity index is 748. The van der Waals surface area contributed by atoms with E-state index in [-0.39, 0.29) is 5.91 Å². The highest BCUT2D eigenvalue weighted by molar-refractivity contribution is 7.99. The Kier molecular flexibility index (Phi) is 5.76. The number of benzene rings is 2. The van der Waals surface area contributed by atoms with Crippen LogP contribution in [0.1, 0.15) is 38.0 Å². The minimum absolute atomic E-state index is 0.102. The molecule has 0 bridgehead atoms. The first-order valence-corrected chi connectivity index (χ1v) is 9.38. The summed E-state index contributed by atoms with van der Waals surface area (Å²) in [7, 11) is 1.33. The van der Waals surface area contributed by atoms with Gasteiger partial charge in [0, 0.05) is 24.1 Å². The average molecular weight is 355 g/mol. The molecule has 4 nitrogen and oxygen atoms in total. The lowest BCUT2D eigenvalue weighted by atomic mass is 10.1. The lowest BCUT2D eigenvalue weighted by molar-refractivity contribution is 0.0590. The Morgan fingerprint density at radius 2 is 1.68 bits per heavy atom. The minimum atomic E-state index is -0.477. The molecule has 1 aliphatic rings. The molecule has 1 amide bonds. The van der Waals surface area contributed by atoms with E-state index in [0.29, 0.717) is 29.5 Å². The number of hydrogen-bond acceptors (Lipinski definition) is 4. The van der Waals surface area contributed by atoms with Gasteiger partial charge in [-0.15, -0.1) is 0 Å². The largest absolute Gasteiger partial charge is 0.465 e. The highest BCUT2D eigenvalue weighted by atomic mass is 32.2. The van der Waals surface area contributed by atoms with Crippen LogP contribution in [0.4, 0.5) is 0 Å². The maximum absolute atomic E-state index is 12.9. The second-order valence-electron chi connectivity index (χ2n) is 5.89. The molecule has 0 saturated carbocycles. The van der Waals surface area contributed by atoms with Crippen LogP contribution in [0.25, 0.3) is 0 Å². The smallest absolute Gasteiger partial charge is 0.338 e. The first kappa shape index (κ1) is 17.5. The monoisotopic (exact) mass is 355 g/mol. The molecule has 0 aromatic heterocycles. The lowest BCUT2D eigenvalue weighted by Crippen LogP contribution is -2.34. The van der Waals surface area contributed by atoms with Gasteiger partial charge in [0.25, 0.3) is 5.91 Å². The molecule has 1 atom stereocenters. The number of carbonyl (C=O) groups excluding carboxylic acids is 2. The molecule has 3 rings (SSSR count). The van der Waals surface area contributed by atoms with Gasteiger partial charge in [0.1, 0.15) is 0 Å². The summed E-state index contributed by atoms with van der Waals surface area (Å²) < 4.78 is 4.80. The van der Waals surface area contributed by atoms with Gasteiger partial charge in [-0.3, -0.25) is 4.79 Å². The van der Waals surface area contributed by atoms with Gasteiger partial charge in [-0.25, -0.2) is 4.79 Å². The zero-order valence-electron chi connectivity index (χ0n) is 14.2. The Labute approximate surface area is 152 Å². The molecule has 1 saturated heterocycles. The van der Waals surface area contributed by atoms with Gasteiger partial charge in [-0.1, -0.05) is 42.5 Å². The Hall–Kier alpha value is -2.27. The minimum Gasteiger partial charge on any atom is -0.465 e. The van der Waals surface area contributed by atoms with Crippen molar-refractivity contribution in [2.24, 2.45) is 0 Å². The summed E-state index contributed by atoms with van der Waals surface area (Å²) in [6, 6.07) is 17.3. The van der Waals surface area contributed by atoms with Crippen LogP contribution in [-0.4, -0.2) is 42.7 Å². The van der Waals surface area contributed by atoms with Crippen LogP contribution in [-0.2, 0) is 4.74 Å². The summed E-state index contributed by atoms with van der Waals surface area (Å²) in [5.74, 6) is 0.303. The van der Waals surface area contributed by atoms with E-state index in [1.54, 1.807) is 24.3 Å². The predicted octanol–water partition coefficient (Wildman–Crippen LogP) is 3.79. The van der Waals surface area contributed by atoms with Crippen molar-refractivity contribution in [1.82, 2.24) is 4.90 Å². The number of thioether (sulfide) groups is 1. The standard InChI is InChI=1S/C20H21NO3S/c1-24-20(23)17-10-6-5-9-16(17)19(22)21-12-11-18(25-14-13-21)15-7-3-2-4-8-15/h2-10,18H,11-14H2,1H3/t18-/m1/s1. The fourth-order valence-corrected chi connectivity index (χ4v) is 4.27. The van der Waals surface area contributed by atoms with E-state index in [0.717, 1.165) is 12.2 Å². The molecular formula is C20H21NO3S. The molecule has 1 heterocycles. The molecule has 1 fully saturated rings. The van der Waals surface area contributed by atoms with Crippen LogP contribution in [0, 0.1) is 0 Å². The Morgan fingerprint density at radius 3 is 2.40 bits per heavy atom. The van der Waals surface area contributed by atoms with Crippen molar-refractivity contribution in [3.8, 4) is 0 Å². The summed E-state index contributed by atoms with van der Waals surface area (Å²) in [6.07, 6.45) is 0.904. The number of rotatable bonds is 3. The number of carbonyl (C=O) groups is 2. The highest BCUT2D eigenvalue weighted by Crippen LogP contribution is 2.34. The van der Waals surface area contributed by atoms with Gasteiger partial charge in [-0.05, 0) is 24.1 Å². The Morgan fingerprint density at radius 1 is 1.00 bits per heavy atom.